The molecule has 0 radical (unpaired) electrons. The van der Waals surface area contributed by atoms with Crippen LogP contribution < -0.4 is 5.32 Å². The molecule has 0 amide bonds. The Kier molecular flexibility index (Phi) is 4.08. The molecule has 92 valence electrons. The average molecular weight is 254 g/mol. The number of phenols is 1. The summed E-state index contributed by atoms with van der Waals surface area (Å²) in [4.78, 5) is 11.0. The van der Waals surface area contributed by atoms with Gasteiger partial charge in [-0.15, -0.1) is 0 Å². The van der Waals surface area contributed by atoms with Gasteiger partial charge in [0.05, 0.1) is 11.3 Å². The third kappa shape index (κ3) is 3.00. The van der Waals surface area contributed by atoms with Gasteiger partial charge >= 0.3 is 5.97 Å². The van der Waals surface area contributed by atoms with Crippen molar-refractivity contribution in [3.63, 3.8) is 0 Å². The number of carboxylic acid groups (broad SMARTS) is 1. The van der Waals surface area contributed by atoms with Gasteiger partial charge in [-0.1, -0.05) is 0 Å². The van der Waals surface area contributed by atoms with Gasteiger partial charge in [0.25, 0.3) is 0 Å². The predicted octanol–water partition coefficient (Wildman–Crippen LogP) is 1.33. The van der Waals surface area contributed by atoms with Gasteiger partial charge in [0.1, 0.15) is 29.7 Å². The van der Waals surface area contributed by atoms with E-state index in [9.17, 15) is 9.90 Å². The first-order chi connectivity index (χ1) is 9.03. The van der Waals surface area contributed by atoms with Crippen LogP contribution in [0.2, 0.25) is 0 Å². The summed E-state index contributed by atoms with van der Waals surface area (Å²) in [5.74, 6) is -1.59. The van der Waals surface area contributed by atoms with Crippen molar-refractivity contribution in [3.8, 4) is 24.0 Å². The summed E-state index contributed by atoms with van der Waals surface area (Å²) in [6, 6.07) is 8.06. The molecule has 0 saturated carbocycles. The summed E-state index contributed by atoms with van der Waals surface area (Å²) in [7, 11) is 0. The summed E-state index contributed by atoms with van der Waals surface area (Å²) in [5.41, 5.74) is -1.13. The van der Waals surface area contributed by atoms with Crippen LogP contribution in [-0.4, -0.2) is 16.2 Å². The van der Waals surface area contributed by atoms with Gasteiger partial charge in [-0.3, -0.25) is 0 Å². The van der Waals surface area contributed by atoms with Gasteiger partial charge in [-0.05, 0) is 18.2 Å². The summed E-state index contributed by atoms with van der Waals surface area (Å²) in [5, 5.41) is 46.7. The zero-order valence-corrected chi connectivity index (χ0v) is 9.38. The van der Waals surface area contributed by atoms with Gasteiger partial charge in [-0.2, -0.15) is 15.8 Å². The Morgan fingerprint density at radius 1 is 1.16 bits per heavy atom. The Labute approximate surface area is 107 Å². The largest absolute Gasteiger partial charge is 0.508 e. The number of hydrogen-bond acceptors (Lipinski definition) is 6. The number of anilines is 1. The van der Waals surface area contributed by atoms with E-state index in [1.54, 1.807) is 6.07 Å². The molecule has 0 fully saturated rings. The molecule has 0 aromatic heterocycles. The molecule has 0 aliphatic rings. The number of nitrogens with zero attached hydrogens (tertiary/aromatic N) is 3. The first-order valence-electron chi connectivity index (χ1n) is 4.81. The summed E-state index contributed by atoms with van der Waals surface area (Å²) in [6.45, 7) is 0. The lowest BCUT2D eigenvalue weighted by atomic mass is 10.1. The van der Waals surface area contributed by atoms with Gasteiger partial charge < -0.3 is 15.5 Å². The first kappa shape index (κ1) is 13.6. The Morgan fingerprint density at radius 2 is 1.79 bits per heavy atom. The second-order valence-electron chi connectivity index (χ2n) is 3.25. The predicted molar refractivity (Wildman–Crippen MR) is 62.6 cm³/mol. The van der Waals surface area contributed by atoms with E-state index in [-0.39, 0.29) is 22.7 Å². The molecule has 0 spiro atoms. The highest BCUT2D eigenvalue weighted by Crippen LogP contribution is 2.23. The number of aromatic hydroxyl groups is 1. The number of carboxylic acids is 1. The van der Waals surface area contributed by atoms with Gasteiger partial charge in [0.2, 0.25) is 0 Å². The number of carbonyl (C=O) groups is 1. The molecule has 0 saturated heterocycles. The minimum absolute atomic E-state index is 0.00940. The number of nitrogens with one attached hydrogen (secondary N) is 1. The smallest absolute Gasteiger partial charge is 0.337 e. The van der Waals surface area contributed by atoms with Crippen molar-refractivity contribution in [1.82, 2.24) is 0 Å². The molecule has 19 heavy (non-hydrogen) atoms. The molecule has 3 N–H and O–H groups in total. The van der Waals surface area contributed by atoms with Crippen LogP contribution in [0.5, 0.6) is 5.75 Å². The van der Waals surface area contributed by atoms with Crippen molar-refractivity contribution < 1.29 is 15.0 Å². The van der Waals surface area contributed by atoms with Crippen molar-refractivity contribution in [2.24, 2.45) is 0 Å². The number of hydrogen-bond donors (Lipinski definition) is 3. The Balaban J connectivity index is 3.32. The van der Waals surface area contributed by atoms with Gasteiger partial charge in [0.15, 0.2) is 5.57 Å². The maximum atomic E-state index is 11.0. The number of allylic oxidation sites excluding steroid dienone is 2. The average Bonchev–Trinajstić information content (AvgIpc) is 2.40. The van der Waals surface area contributed by atoms with Crippen LogP contribution in [0, 0.1) is 34.0 Å². The molecule has 0 bridgehead atoms. The third-order valence-corrected chi connectivity index (χ3v) is 2.08. The molecule has 1 aromatic rings. The van der Waals surface area contributed by atoms with Crippen molar-refractivity contribution in [2.75, 3.05) is 5.32 Å². The van der Waals surface area contributed by atoms with E-state index >= 15 is 0 Å². The van der Waals surface area contributed by atoms with E-state index in [1.807, 2.05) is 0 Å². The van der Waals surface area contributed by atoms with Crippen molar-refractivity contribution in [1.29, 1.82) is 15.8 Å². The molecule has 7 nitrogen and oxygen atoms in total. The standard InChI is InChI=1S/C12H6N4O3/c13-4-7(5-14)11(6-15)16-10-2-1-8(17)3-9(10)12(18)19/h1-3,16-17H,(H,18,19). The van der Waals surface area contributed by atoms with E-state index in [1.165, 1.54) is 24.3 Å². The summed E-state index contributed by atoms with van der Waals surface area (Å²) >= 11 is 0. The topological polar surface area (TPSA) is 141 Å². The highest BCUT2D eigenvalue weighted by atomic mass is 16.4. The third-order valence-electron chi connectivity index (χ3n) is 2.08. The van der Waals surface area contributed by atoms with E-state index in [0.29, 0.717) is 0 Å². The SMILES string of the molecule is N#CC(C#N)=C(C#N)Nc1ccc(O)cc1C(=O)O. The van der Waals surface area contributed by atoms with E-state index in [0.717, 1.165) is 6.07 Å². The summed E-state index contributed by atoms with van der Waals surface area (Å²) < 4.78 is 0. The molecule has 0 aliphatic carbocycles. The highest BCUT2D eigenvalue weighted by Gasteiger charge is 2.14. The maximum absolute atomic E-state index is 11.0. The van der Waals surface area contributed by atoms with Crippen LogP contribution in [-0.2, 0) is 0 Å². The maximum Gasteiger partial charge on any atom is 0.337 e. The van der Waals surface area contributed by atoms with Crippen molar-refractivity contribution in [2.45, 2.75) is 0 Å². The van der Waals surface area contributed by atoms with Crippen LogP contribution in [0.4, 0.5) is 5.69 Å². The van der Waals surface area contributed by atoms with Crippen LogP contribution in [0.1, 0.15) is 10.4 Å². The van der Waals surface area contributed by atoms with Crippen molar-refractivity contribution in [3.05, 3.63) is 35.0 Å². The number of benzene rings is 1. The fraction of sp³-hybridized carbons (Fsp3) is 0. The minimum Gasteiger partial charge on any atom is -0.508 e. The Bertz CT molecular complexity index is 670. The molecule has 0 unspecified atom stereocenters. The number of aromatic carboxylic acids is 1. The van der Waals surface area contributed by atoms with Crippen LogP contribution >= 0.6 is 0 Å². The zero-order valence-electron chi connectivity index (χ0n) is 9.38. The monoisotopic (exact) mass is 254 g/mol. The lowest BCUT2D eigenvalue weighted by Gasteiger charge is -2.08. The Hall–Kier alpha value is -3.50. The first-order valence-corrected chi connectivity index (χ1v) is 4.81. The molecule has 7 heteroatoms. The molecule has 1 aromatic carbocycles. The minimum atomic E-state index is -1.33. The molecule has 0 atom stereocenters. The number of nitriles is 3. The second kappa shape index (κ2) is 5.72. The van der Waals surface area contributed by atoms with Crippen LogP contribution in [0.3, 0.4) is 0 Å². The van der Waals surface area contributed by atoms with Crippen LogP contribution in [0.15, 0.2) is 29.5 Å². The summed E-state index contributed by atoms with van der Waals surface area (Å²) in [6.07, 6.45) is 0. The quantitative estimate of drug-likeness (QED) is 0.545. The van der Waals surface area contributed by atoms with E-state index in [4.69, 9.17) is 20.9 Å². The lowest BCUT2D eigenvalue weighted by molar-refractivity contribution is 0.0697. The normalized spacial score (nSPS) is 8.47. The zero-order chi connectivity index (χ0) is 14.4. The second-order valence-corrected chi connectivity index (χ2v) is 3.25. The van der Waals surface area contributed by atoms with Crippen molar-refractivity contribution >= 4 is 11.7 Å². The van der Waals surface area contributed by atoms with Crippen LogP contribution in [0.25, 0.3) is 0 Å². The van der Waals surface area contributed by atoms with E-state index in [2.05, 4.69) is 5.32 Å². The molecular formula is C12H6N4O3. The van der Waals surface area contributed by atoms with E-state index < -0.39 is 11.5 Å². The van der Waals surface area contributed by atoms with Gasteiger partial charge in [0, 0.05) is 0 Å². The fourth-order valence-electron chi connectivity index (χ4n) is 1.24. The lowest BCUT2D eigenvalue weighted by Crippen LogP contribution is -2.06. The Morgan fingerprint density at radius 3 is 2.26 bits per heavy atom. The number of rotatable bonds is 3. The highest BCUT2D eigenvalue weighted by molar-refractivity contribution is 5.95. The molecule has 0 heterocycles. The van der Waals surface area contributed by atoms with Gasteiger partial charge in [-0.25, -0.2) is 4.79 Å². The number of phenolic OH excluding ortho intramolecular Hbond substituents is 1. The fourth-order valence-corrected chi connectivity index (χ4v) is 1.24. The molecule has 1 rings (SSSR count). The molecular weight excluding hydrogens is 248 g/mol. The molecule has 0 aliphatic heterocycles.